The van der Waals surface area contributed by atoms with Crippen LogP contribution in [0.15, 0.2) is 54.6 Å². The van der Waals surface area contributed by atoms with Crippen molar-refractivity contribution in [3.63, 3.8) is 0 Å². The Balaban J connectivity index is 0. The number of hydrogen-bond donors (Lipinski definition) is 4. The van der Waals surface area contributed by atoms with Gasteiger partial charge in [0.2, 0.25) is 0 Å². The number of nitrogen functional groups attached to an aromatic ring is 2. The van der Waals surface area contributed by atoms with E-state index in [1.54, 1.807) is 149 Å². The molecular formula is C50H63Cl4F4I3N4O12. The van der Waals surface area contributed by atoms with Crippen LogP contribution in [0.4, 0.5) is 64.3 Å². The Bertz CT molecular complexity index is 2560. The van der Waals surface area contributed by atoms with Gasteiger partial charge < -0.3 is 45.0 Å². The Morgan fingerprint density at radius 2 is 0.857 bits per heavy atom. The van der Waals surface area contributed by atoms with Crippen LogP contribution in [0.1, 0.15) is 104 Å². The van der Waals surface area contributed by atoms with Crippen LogP contribution in [0, 0.1) is 34.0 Å². The van der Waals surface area contributed by atoms with Gasteiger partial charge in [0.25, 0.3) is 0 Å². The predicted molar refractivity (Wildman–Crippen MR) is 319 cm³/mol. The normalized spacial score (nSPS) is 11.0. The maximum absolute atomic E-state index is 13.6. The lowest BCUT2D eigenvalue weighted by molar-refractivity contribution is -0.0295. The van der Waals surface area contributed by atoms with Gasteiger partial charge in [-0.3, -0.25) is 5.32 Å². The molecule has 432 valence electrons. The fraction of sp³-hybridized carbons (Fsp3) is 0.420. The molecule has 0 saturated heterocycles. The molecule has 0 aliphatic heterocycles. The number of benzene rings is 4. The molecule has 0 unspecified atom stereocenters. The molecule has 0 heterocycles. The minimum Gasteiger partial charge on any atom is -0.444 e. The first-order valence-electron chi connectivity index (χ1n) is 22.0. The van der Waals surface area contributed by atoms with E-state index in [2.05, 4.69) is 10.1 Å². The van der Waals surface area contributed by atoms with Gasteiger partial charge in [-0.2, -0.15) is 4.90 Å². The molecule has 4 aromatic rings. The second kappa shape index (κ2) is 33.1. The van der Waals surface area contributed by atoms with E-state index in [0.717, 1.165) is 13.2 Å². The van der Waals surface area contributed by atoms with Crippen molar-refractivity contribution in [2.24, 2.45) is 0 Å². The molecule has 0 aliphatic carbocycles. The van der Waals surface area contributed by atoms with Gasteiger partial charge in [-0.15, -0.1) is 0 Å². The second-order valence-electron chi connectivity index (χ2n) is 19.8. The lowest BCUT2D eigenvalue weighted by Crippen LogP contribution is -2.44. The molecule has 3 amide bonds. The van der Waals surface area contributed by atoms with Crippen LogP contribution < -0.4 is 21.7 Å². The number of imide groups is 1. The number of aliphatic hydroxyl groups is 1. The van der Waals surface area contributed by atoms with Crippen LogP contribution in [0.25, 0.3) is 0 Å². The average molecular weight is 1510 g/mol. The largest absolute Gasteiger partial charge is 0.519 e. The number of ether oxygens (including phenoxy) is 6. The molecule has 0 radical (unpaired) electrons. The van der Waals surface area contributed by atoms with Crippen molar-refractivity contribution in [3.05, 3.63) is 109 Å². The van der Waals surface area contributed by atoms with Crippen molar-refractivity contribution in [2.45, 2.75) is 132 Å². The highest BCUT2D eigenvalue weighted by Crippen LogP contribution is 2.35. The first-order valence-corrected chi connectivity index (χ1v) is 26.7. The predicted octanol–water partition coefficient (Wildman–Crippen LogP) is 17.4. The first-order chi connectivity index (χ1) is 34.8. The standard InChI is InChI=1S/C16H20ClFINO4.C11H12ClFINO2.C10H18O5.C6H4ClFIN.C6H5ClFN.CH4O/c1-15(2,3)23-13(21)20(14(22)24-16(4,5)6)10-8-7-9(18)12(19)11(10)17;1-11(2,3)17-10(16)15-7-5-4-6(13)9(14)8(7)12;1-9(2,3)14-7(11)13-8(12)15-10(4,5)6;7-5-4(10)2-1-3(8)6(5)9;7-5-3-4(8)1-2-6(5)9;1-2/h7-8H,1-6H3;4-5H,1-3H3,(H,15,16);1-6H3;1-2H,10H2;1-3H,9H2;2H,1H3. The van der Waals surface area contributed by atoms with Crippen LogP contribution in [-0.4, -0.2) is 70.8 Å². The van der Waals surface area contributed by atoms with E-state index in [1.807, 2.05) is 22.6 Å². The van der Waals surface area contributed by atoms with Crippen molar-refractivity contribution < 1.29 is 75.1 Å². The number of nitrogens with two attached hydrogens (primary N) is 2. The second-order valence-corrected chi connectivity index (χ2v) is 24.6. The van der Waals surface area contributed by atoms with Gasteiger partial charge in [0.15, 0.2) is 0 Å². The average Bonchev–Trinajstić information content (AvgIpc) is 3.24. The first kappa shape index (κ1) is 75.3. The third-order valence-corrected chi connectivity index (χ3v) is 12.7. The Hall–Kier alpha value is -3.74. The molecular weight excluding hydrogens is 1450 g/mol. The number of carbonyl (C=O) groups is 5. The van der Waals surface area contributed by atoms with Crippen LogP contribution in [0.3, 0.4) is 0 Å². The number of aliphatic hydroxyl groups excluding tert-OH is 1. The number of hydrogen-bond acceptors (Lipinski definition) is 14. The summed E-state index contributed by atoms with van der Waals surface area (Å²) in [5.41, 5.74) is 8.15. The smallest absolute Gasteiger partial charge is 0.444 e. The topological polar surface area (TPSA) is 228 Å². The Kier molecular flexibility index (Phi) is 32.4. The SMILES string of the molecule is CC(C)(C)OC(=O)N(C(=O)OC(C)(C)C)c1ccc(F)c(I)c1Cl.CC(C)(C)OC(=O)Nc1ccc(F)c(I)c1Cl.CC(C)(C)OC(=O)OC(=O)OC(C)(C)C.CO.Nc1ccc(F)c(I)c1Cl.Nc1ccc(F)cc1Cl. The van der Waals surface area contributed by atoms with Gasteiger partial charge in [0, 0.05) is 7.11 Å². The van der Waals surface area contributed by atoms with E-state index in [-0.39, 0.29) is 39.5 Å². The molecule has 0 bridgehead atoms. The van der Waals surface area contributed by atoms with Crippen molar-refractivity contribution in [2.75, 3.05) is 28.8 Å². The molecule has 0 aliphatic rings. The Morgan fingerprint density at radius 1 is 0.506 bits per heavy atom. The summed E-state index contributed by atoms with van der Waals surface area (Å²) in [5.74, 6) is -1.68. The molecule has 4 aromatic carbocycles. The summed E-state index contributed by atoms with van der Waals surface area (Å²) in [7, 11) is 1.00. The van der Waals surface area contributed by atoms with E-state index in [9.17, 15) is 41.5 Å². The highest BCUT2D eigenvalue weighted by molar-refractivity contribution is 14.1. The van der Waals surface area contributed by atoms with Crippen molar-refractivity contribution in [3.8, 4) is 0 Å². The summed E-state index contributed by atoms with van der Waals surface area (Å²) in [6.07, 6.45) is -4.66. The number of nitrogens with zero attached hydrogens (tertiary/aromatic N) is 1. The zero-order valence-corrected chi connectivity index (χ0v) is 54.4. The molecule has 6 N–H and O–H groups in total. The maximum atomic E-state index is 13.6. The summed E-state index contributed by atoms with van der Waals surface area (Å²) in [4.78, 5) is 59.1. The monoisotopic (exact) mass is 1510 g/mol. The van der Waals surface area contributed by atoms with Crippen molar-refractivity contribution >= 4 is 168 Å². The van der Waals surface area contributed by atoms with Crippen molar-refractivity contribution in [1.29, 1.82) is 0 Å². The molecule has 0 fully saturated rings. The van der Waals surface area contributed by atoms with Gasteiger partial charge >= 0.3 is 30.6 Å². The van der Waals surface area contributed by atoms with E-state index in [0.29, 0.717) is 30.6 Å². The number of halogens is 11. The van der Waals surface area contributed by atoms with E-state index in [4.69, 9.17) is 86.7 Å². The van der Waals surface area contributed by atoms with Crippen molar-refractivity contribution in [1.82, 2.24) is 0 Å². The highest BCUT2D eigenvalue weighted by Gasteiger charge is 2.35. The number of rotatable bonds is 2. The zero-order chi connectivity index (χ0) is 60.9. The van der Waals surface area contributed by atoms with E-state index < -0.39 is 70.2 Å². The quantitative estimate of drug-likeness (QED) is 0.0278. The summed E-state index contributed by atoms with van der Waals surface area (Å²) < 4.78 is 81.7. The number of carbonyl (C=O) groups excluding carboxylic acids is 5. The van der Waals surface area contributed by atoms with E-state index in [1.165, 1.54) is 48.5 Å². The lowest BCUT2D eigenvalue weighted by atomic mass is 10.2. The third-order valence-electron chi connectivity index (χ3n) is 7.05. The Labute approximate surface area is 507 Å². The summed E-state index contributed by atoms with van der Waals surface area (Å²) in [5, 5.41) is 10.1. The van der Waals surface area contributed by atoms with Crippen LogP contribution >= 0.6 is 114 Å². The minimum atomic E-state index is -1.06. The van der Waals surface area contributed by atoms with Gasteiger partial charge in [-0.1, -0.05) is 46.4 Å². The molecule has 0 spiro atoms. The molecule has 77 heavy (non-hydrogen) atoms. The lowest BCUT2D eigenvalue weighted by Gasteiger charge is -2.29. The molecule has 0 aromatic heterocycles. The van der Waals surface area contributed by atoms with Crippen LogP contribution in [0.5, 0.6) is 0 Å². The molecule has 4 rings (SSSR count). The van der Waals surface area contributed by atoms with Gasteiger partial charge in [0.1, 0.15) is 51.3 Å². The number of anilines is 4. The molecule has 0 atom stereocenters. The number of amides is 3. The summed E-state index contributed by atoms with van der Waals surface area (Å²) in [6, 6.07) is 11.6. The number of nitrogens with one attached hydrogen (secondary N) is 1. The van der Waals surface area contributed by atoms with E-state index >= 15 is 0 Å². The Morgan fingerprint density at radius 3 is 1.22 bits per heavy atom. The molecule has 27 heteroatoms. The third kappa shape index (κ3) is 32.2. The summed E-state index contributed by atoms with van der Waals surface area (Å²) >= 11 is 28.3. The summed E-state index contributed by atoms with van der Waals surface area (Å²) in [6.45, 7) is 25.2. The van der Waals surface area contributed by atoms with Gasteiger partial charge in [0.05, 0.1) is 53.6 Å². The fourth-order valence-electron chi connectivity index (χ4n) is 4.26. The fourth-order valence-corrected chi connectivity index (χ4v) is 6.44. The molecule has 16 nitrogen and oxygen atoms in total. The van der Waals surface area contributed by atoms with Crippen LogP contribution in [0.2, 0.25) is 20.1 Å². The zero-order valence-electron chi connectivity index (χ0n) is 44.9. The minimum absolute atomic E-state index is 0.00836. The van der Waals surface area contributed by atoms with Crippen LogP contribution in [-0.2, 0) is 28.4 Å². The van der Waals surface area contributed by atoms with Gasteiger partial charge in [-0.05, 0) is 226 Å². The highest BCUT2D eigenvalue weighted by atomic mass is 127. The maximum Gasteiger partial charge on any atom is 0.519 e. The molecule has 0 saturated carbocycles. The van der Waals surface area contributed by atoms with Gasteiger partial charge in [-0.25, -0.2) is 41.5 Å².